The average molecular weight is 367 g/mol. The van der Waals surface area contributed by atoms with Gasteiger partial charge in [-0.15, -0.1) is 0 Å². The smallest absolute Gasteiger partial charge is 0.227 e. The van der Waals surface area contributed by atoms with E-state index in [0.717, 1.165) is 12.7 Å². The molecule has 0 bridgehead atoms. The van der Waals surface area contributed by atoms with Crippen LogP contribution in [0.4, 0.5) is 0 Å². The van der Waals surface area contributed by atoms with E-state index in [9.17, 15) is 21.6 Å². The predicted molar refractivity (Wildman–Crippen MR) is 88.2 cm³/mol. The lowest BCUT2D eigenvalue weighted by molar-refractivity contribution is -0.138. The van der Waals surface area contributed by atoms with Crippen LogP contribution in [0.2, 0.25) is 0 Å². The number of carbonyl (C=O) groups excluding carboxylic acids is 1. The highest BCUT2D eigenvalue weighted by atomic mass is 32.2. The van der Waals surface area contributed by atoms with E-state index >= 15 is 0 Å². The zero-order valence-corrected chi connectivity index (χ0v) is 15.4. The van der Waals surface area contributed by atoms with Gasteiger partial charge < -0.3 is 4.90 Å². The molecule has 2 fully saturated rings. The highest BCUT2D eigenvalue weighted by molar-refractivity contribution is 7.91. The second kappa shape index (κ2) is 7.06. The number of sulfone groups is 1. The van der Waals surface area contributed by atoms with Gasteiger partial charge in [0, 0.05) is 25.7 Å². The second-order valence-electron chi connectivity index (χ2n) is 6.55. The molecular weight excluding hydrogens is 340 g/mol. The van der Waals surface area contributed by atoms with E-state index < -0.39 is 19.9 Å². The summed E-state index contributed by atoms with van der Waals surface area (Å²) in [5.41, 5.74) is 0. The Morgan fingerprint density at radius 3 is 2.52 bits per heavy atom. The van der Waals surface area contributed by atoms with Gasteiger partial charge in [0.2, 0.25) is 15.9 Å². The van der Waals surface area contributed by atoms with E-state index in [1.54, 1.807) is 4.90 Å². The molecular formula is C14H26N2O5S2. The summed E-state index contributed by atoms with van der Waals surface area (Å²) >= 11 is 0. The first-order valence-electron chi connectivity index (χ1n) is 8.10. The molecule has 7 nitrogen and oxygen atoms in total. The van der Waals surface area contributed by atoms with E-state index in [4.69, 9.17) is 0 Å². The van der Waals surface area contributed by atoms with Crippen molar-refractivity contribution in [2.75, 3.05) is 37.4 Å². The van der Waals surface area contributed by atoms with Crippen molar-refractivity contribution in [2.45, 2.75) is 38.6 Å². The van der Waals surface area contributed by atoms with E-state index in [1.165, 1.54) is 4.31 Å². The van der Waals surface area contributed by atoms with Gasteiger partial charge in [0.15, 0.2) is 9.84 Å². The fraction of sp³-hybridized carbons (Fsp3) is 0.929. The Balaban J connectivity index is 2.11. The van der Waals surface area contributed by atoms with Crippen molar-refractivity contribution in [1.82, 2.24) is 9.21 Å². The summed E-state index contributed by atoms with van der Waals surface area (Å²) in [5, 5.41) is 0. The van der Waals surface area contributed by atoms with Crippen LogP contribution in [0.1, 0.15) is 32.6 Å². The first kappa shape index (κ1) is 18.7. The standard InChI is InChI=1S/C14H26N2O5S2/c1-3-7-16(13-6-9-23(20,21)11-13)14(17)12-5-4-8-15(10-12)22(2,18)19/h12-13H,3-11H2,1-2H3. The lowest BCUT2D eigenvalue weighted by Gasteiger charge is -2.36. The topological polar surface area (TPSA) is 91.8 Å². The van der Waals surface area contributed by atoms with E-state index in [1.807, 2.05) is 6.92 Å². The molecule has 0 saturated carbocycles. The quantitative estimate of drug-likeness (QED) is 0.687. The summed E-state index contributed by atoms with van der Waals surface area (Å²) in [4.78, 5) is 14.5. The third kappa shape index (κ3) is 4.67. The lowest BCUT2D eigenvalue weighted by atomic mass is 9.97. The molecule has 134 valence electrons. The molecule has 0 radical (unpaired) electrons. The lowest BCUT2D eigenvalue weighted by Crippen LogP contribution is -2.50. The van der Waals surface area contributed by atoms with Crippen molar-refractivity contribution in [1.29, 1.82) is 0 Å². The first-order valence-corrected chi connectivity index (χ1v) is 11.8. The Labute approximate surface area is 139 Å². The predicted octanol–water partition coefficient (Wildman–Crippen LogP) is 0.0837. The van der Waals surface area contributed by atoms with Crippen molar-refractivity contribution in [2.24, 2.45) is 5.92 Å². The fourth-order valence-corrected chi connectivity index (χ4v) is 6.06. The van der Waals surface area contributed by atoms with Crippen LogP contribution >= 0.6 is 0 Å². The zero-order chi connectivity index (χ0) is 17.3. The van der Waals surface area contributed by atoms with Crippen LogP contribution in [0.25, 0.3) is 0 Å². The maximum absolute atomic E-state index is 12.9. The van der Waals surface area contributed by atoms with E-state index in [0.29, 0.717) is 32.4 Å². The van der Waals surface area contributed by atoms with Gasteiger partial charge in [-0.2, -0.15) is 0 Å². The minimum Gasteiger partial charge on any atom is -0.338 e. The van der Waals surface area contributed by atoms with Gasteiger partial charge >= 0.3 is 0 Å². The molecule has 2 unspecified atom stereocenters. The van der Waals surface area contributed by atoms with Crippen LogP contribution in [0.3, 0.4) is 0 Å². The summed E-state index contributed by atoms with van der Waals surface area (Å²) in [6.07, 6.45) is 3.71. The van der Waals surface area contributed by atoms with Crippen LogP contribution in [0, 0.1) is 5.92 Å². The Morgan fingerprint density at radius 1 is 1.30 bits per heavy atom. The van der Waals surface area contributed by atoms with Gasteiger partial charge in [0.25, 0.3) is 0 Å². The molecule has 0 aromatic carbocycles. The summed E-state index contributed by atoms with van der Waals surface area (Å²) in [7, 11) is -6.36. The van der Waals surface area contributed by atoms with E-state index in [-0.39, 0.29) is 35.9 Å². The number of carbonyl (C=O) groups is 1. The van der Waals surface area contributed by atoms with Crippen LogP contribution in [-0.4, -0.2) is 75.4 Å². The van der Waals surface area contributed by atoms with Crippen molar-refractivity contribution in [3.8, 4) is 0 Å². The molecule has 2 rings (SSSR count). The van der Waals surface area contributed by atoms with Crippen molar-refractivity contribution in [3.05, 3.63) is 0 Å². The van der Waals surface area contributed by atoms with Crippen molar-refractivity contribution < 1.29 is 21.6 Å². The largest absolute Gasteiger partial charge is 0.338 e. The van der Waals surface area contributed by atoms with Gasteiger partial charge in [0.05, 0.1) is 23.7 Å². The summed E-state index contributed by atoms with van der Waals surface area (Å²) < 4.78 is 48.2. The first-order chi connectivity index (χ1) is 10.6. The van der Waals surface area contributed by atoms with Crippen LogP contribution in [0.5, 0.6) is 0 Å². The molecule has 0 N–H and O–H groups in total. The Bertz CT molecular complexity index is 644. The molecule has 0 aromatic rings. The monoisotopic (exact) mass is 366 g/mol. The maximum atomic E-state index is 12.9. The third-order valence-corrected chi connectivity index (χ3v) is 7.62. The Morgan fingerprint density at radius 2 is 2.00 bits per heavy atom. The number of piperidine rings is 1. The Kier molecular flexibility index (Phi) is 5.73. The van der Waals surface area contributed by atoms with Crippen molar-refractivity contribution in [3.63, 3.8) is 0 Å². The summed E-state index contributed by atoms with van der Waals surface area (Å²) in [6.45, 7) is 3.13. The molecule has 0 aliphatic carbocycles. The van der Waals surface area contributed by atoms with Crippen LogP contribution < -0.4 is 0 Å². The van der Waals surface area contributed by atoms with Crippen molar-refractivity contribution >= 4 is 25.8 Å². The van der Waals surface area contributed by atoms with Crippen LogP contribution in [-0.2, 0) is 24.7 Å². The fourth-order valence-electron chi connectivity index (χ4n) is 3.41. The maximum Gasteiger partial charge on any atom is 0.227 e. The molecule has 23 heavy (non-hydrogen) atoms. The second-order valence-corrected chi connectivity index (χ2v) is 10.8. The number of hydrogen-bond donors (Lipinski definition) is 0. The minimum atomic E-state index is -3.30. The number of sulfonamides is 1. The van der Waals surface area contributed by atoms with Gasteiger partial charge in [0.1, 0.15) is 0 Å². The van der Waals surface area contributed by atoms with Gasteiger partial charge in [-0.05, 0) is 25.7 Å². The average Bonchev–Trinajstić information content (AvgIpc) is 2.83. The summed E-state index contributed by atoms with van der Waals surface area (Å²) in [6, 6.07) is -0.263. The number of amides is 1. The van der Waals surface area contributed by atoms with Gasteiger partial charge in [-0.3, -0.25) is 4.79 Å². The summed E-state index contributed by atoms with van der Waals surface area (Å²) in [5.74, 6) is -0.303. The molecule has 1 amide bonds. The molecule has 9 heteroatoms. The van der Waals surface area contributed by atoms with Gasteiger partial charge in [-0.25, -0.2) is 21.1 Å². The number of nitrogens with zero attached hydrogens (tertiary/aromatic N) is 2. The number of rotatable bonds is 5. The highest BCUT2D eigenvalue weighted by Crippen LogP contribution is 2.25. The normalized spacial score (nSPS) is 28.6. The molecule has 0 spiro atoms. The molecule has 2 aliphatic heterocycles. The highest BCUT2D eigenvalue weighted by Gasteiger charge is 2.38. The molecule has 0 aromatic heterocycles. The molecule has 2 saturated heterocycles. The molecule has 2 heterocycles. The SMILES string of the molecule is CCCN(C(=O)C1CCCN(S(C)(=O)=O)C1)C1CCS(=O)(=O)C1. The van der Waals surface area contributed by atoms with Crippen LogP contribution in [0.15, 0.2) is 0 Å². The minimum absolute atomic E-state index is 0.0290. The molecule has 2 atom stereocenters. The Hall–Kier alpha value is -0.670. The number of hydrogen-bond acceptors (Lipinski definition) is 5. The molecule has 2 aliphatic rings. The van der Waals surface area contributed by atoms with E-state index in [2.05, 4.69) is 0 Å². The van der Waals surface area contributed by atoms with Gasteiger partial charge in [-0.1, -0.05) is 6.92 Å². The third-order valence-electron chi connectivity index (χ3n) is 4.60. The zero-order valence-electron chi connectivity index (χ0n) is 13.8.